The van der Waals surface area contributed by atoms with Crippen LogP contribution in [-0.4, -0.2) is 55.3 Å². The lowest BCUT2D eigenvalue weighted by Gasteiger charge is -2.32. The lowest BCUT2D eigenvalue weighted by atomic mass is 10.1. The monoisotopic (exact) mass is 348 g/mol. The van der Waals surface area contributed by atoms with Crippen molar-refractivity contribution in [1.82, 2.24) is 15.5 Å². The van der Waals surface area contributed by atoms with Crippen molar-refractivity contribution in [2.45, 2.75) is 45.7 Å². The molecule has 140 valence electrons. The van der Waals surface area contributed by atoms with Gasteiger partial charge in [0, 0.05) is 31.2 Å². The molecule has 1 aliphatic rings. The average molecular weight is 348 g/mol. The standard InChI is InChI=1S/C19H32N4O2/c1-4-10-23-11-8-16(9-12-23)22-19(20-5-2)21-14-15-13-17(25-3)6-7-18(15)24/h6-7,13,16,24H,4-5,8-12,14H2,1-3H3,(H2,20,21,22). The number of guanidine groups is 1. The Balaban J connectivity index is 1.95. The average Bonchev–Trinajstić information content (AvgIpc) is 2.63. The number of aromatic hydroxyl groups is 1. The van der Waals surface area contributed by atoms with Crippen molar-refractivity contribution in [3.63, 3.8) is 0 Å². The molecule has 0 amide bonds. The van der Waals surface area contributed by atoms with E-state index < -0.39 is 0 Å². The molecule has 1 heterocycles. The number of ether oxygens (including phenoxy) is 1. The number of phenolic OH excluding ortho intramolecular Hbond substituents is 1. The van der Waals surface area contributed by atoms with Gasteiger partial charge in [0.15, 0.2) is 5.96 Å². The Morgan fingerprint density at radius 2 is 2.08 bits per heavy atom. The highest BCUT2D eigenvalue weighted by Crippen LogP contribution is 2.23. The minimum absolute atomic E-state index is 0.244. The van der Waals surface area contributed by atoms with Gasteiger partial charge in [-0.15, -0.1) is 0 Å². The van der Waals surface area contributed by atoms with E-state index in [-0.39, 0.29) is 5.75 Å². The first-order valence-electron chi connectivity index (χ1n) is 9.29. The zero-order chi connectivity index (χ0) is 18.1. The van der Waals surface area contributed by atoms with Crippen LogP contribution in [-0.2, 0) is 6.54 Å². The molecular weight excluding hydrogens is 316 g/mol. The van der Waals surface area contributed by atoms with Crippen molar-refractivity contribution >= 4 is 5.96 Å². The van der Waals surface area contributed by atoms with Crippen LogP contribution in [0.1, 0.15) is 38.7 Å². The Hall–Kier alpha value is -1.95. The van der Waals surface area contributed by atoms with E-state index in [0.717, 1.165) is 49.7 Å². The maximum Gasteiger partial charge on any atom is 0.191 e. The zero-order valence-corrected chi connectivity index (χ0v) is 15.7. The molecule has 0 radical (unpaired) electrons. The maximum absolute atomic E-state index is 10.0. The van der Waals surface area contributed by atoms with E-state index >= 15 is 0 Å². The largest absolute Gasteiger partial charge is 0.508 e. The summed E-state index contributed by atoms with van der Waals surface area (Å²) in [5.41, 5.74) is 0.759. The van der Waals surface area contributed by atoms with Gasteiger partial charge in [-0.2, -0.15) is 0 Å². The topological polar surface area (TPSA) is 69.1 Å². The van der Waals surface area contributed by atoms with Crippen molar-refractivity contribution in [3.8, 4) is 11.5 Å². The van der Waals surface area contributed by atoms with Crippen molar-refractivity contribution < 1.29 is 9.84 Å². The fourth-order valence-corrected chi connectivity index (χ4v) is 3.11. The molecule has 0 aromatic heterocycles. The van der Waals surface area contributed by atoms with Gasteiger partial charge in [-0.05, 0) is 50.9 Å². The Bertz CT molecular complexity index is 554. The van der Waals surface area contributed by atoms with Gasteiger partial charge >= 0.3 is 0 Å². The molecule has 6 nitrogen and oxygen atoms in total. The fourth-order valence-electron chi connectivity index (χ4n) is 3.11. The normalized spacial score (nSPS) is 16.7. The second kappa shape index (κ2) is 10.1. The van der Waals surface area contributed by atoms with E-state index in [2.05, 4.69) is 34.4 Å². The first-order valence-corrected chi connectivity index (χ1v) is 9.29. The zero-order valence-electron chi connectivity index (χ0n) is 15.7. The fraction of sp³-hybridized carbons (Fsp3) is 0.632. The summed E-state index contributed by atoms with van der Waals surface area (Å²) >= 11 is 0. The molecule has 1 aromatic rings. The molecule has 25 heavy (non-hydrogen) atoms. The summed E-state index contributed by atoms with van der Waals surface area (Å²) in [6, 6.07) is 5.67. The number of likely N-dealkylation sites (tertiary alicyclic amines) is 1. The lowest BCUT2D eigenvalue weighted by molar-refractivity contribution is 0.206. The molecule has 6 heteroatoms. The summed E-state index contributed by atoms with van der Waals surface area (Å²) in [6.45, 7) is 8.98. The smallest absolute Gasteiger partial charge is 0.191 e. The summed E-state index contributed by atoms with van der Waals surface area (Å²) in [6.07, 6.45) is 3.48. The quantitative estimate of drug-likeness (QED) is 0.521. The van der Waals surface area contributed by atoms with E-state index in [1.807, 2.05) is 6.07 Å². The second-order valence-corrected chi connectivity index (χ2v) is 6.45. The minimum atomic E-state index is 0.244. The number of nitrogens with zero attached hydrogens (tertiary/aromatic N) is 2. The summed E-state index contributed by atoms with van der Waals surface area (Å²) < 4.78 is 5.22. The Kier molecular flexibility index (Phi) is 7.85. The highest BCUT2D eigenvalue weighted by atomic mass is 16.5. The molecular formula is C19H32N4O2. The summed E-state index contributed by atoms with van der Waals surface area (Å²) in [4.78, 5) is 7.16. The molecule has 0 unspecified atom stereocenters. The number of benzene rings is 1. The van der Waals surface area contributed by atoms with Crippen LogP contribution in [0.4, 0.5) is 0 Å². The van der Waals surface area contributed by atoms with E-state index in [4.69, 9.17) is 4.74 Å². The Morgan fingerprint density at radius 1 is 1.32 bits per heavy atom. The molecule has 1 saturated heterocycles. The maximum atomic E-state index is 10.0. The van der Waals surface area contributed by atoms with Crippen LogP contribution >= 0.6 is 0 Å². The Morgan fingerprint density at radius 3 is 2.72 bits per heavy atom. The molecule has 1 aliphatic heterocycles. The van der Waals surface area contributed by atoms with Crippen LogP contribution in [0, 0.1) is 0 Å². The number of hydrogen-bond acceptors (Lipinski definition) is 4. The van der Waals surface area contributed by atoms with E-state index in [1.54, 1.807) is 19.2 Å². The number of methoxy groups -OCH3 is 1. The minimum Gasteiger partial charge on any atom is -0.508 e. The first-order chi connectivity index (χ1) is 12.2. The third kappa shape index (κ3) is 6.12. The summed E-state index contributed by atoms with van der Waals surface area (Å²) in [7, 11) is 1.62. The highest BCUT2D eigenvalue weighted by molar-refractivity contribution is 5.80. The molecule has 0 bridgehead atoms. The van der Waals surface area contributed by atoms with Gasteiger partial charge in [0.25, 0.3) is 0 Å². The van der Waals surface area contributed by atoms with Crippen LogP contribution < -0.4 is 15.4 Å². The molecule has 3 N–H and O–H groups in total. The number of hydrogen-bond donors (Lipinski definition) is 3. The number of phenols is 1. The van der Waals surface area contributed by atoms with Gasteiger partial charge in [-0.1, -0.05) is 6.92 Å². The van der Waals surface area contributed by atoms with Gasteiger partial charge in [-0.25, -0.2) is 4.99 Å². The van der Waals surface area contributed by atoms with Crippen molar-refractivity contribution in [2.24, 2.45) is 4.99 Å². The van der Waals surface area contributed by atoms with Crippen LogP contribution in [0.25, 0.3) is 0 Å². The molecule has 1 aromatic carbocycles. The molecule has 0 atom stereocenters. The summed E-state index contributed by atoms with van der Waals surface area (Å²) in [5, 5.41) is 16.8. The van der Waals surface area contributed by atoms with Gasteiger partial charge in [0.2, 0.25) is 0 Å². The molecule has 0 saturated carbocycles. The van der Waals surface area contributed by atoms with Crippen LogP contribution in [0.2, 0.25) is 0 Å². The third-order valence-electron chi connectivity index (χ3n) is 4.51. The predicted molar refractivity (Wildman–Crippen MR) is 102 cm³/mol. The van der Waals surface area contributed by atoms with E-state index in [9.17, 15) is 5.11 Å². The van der Waals surface area contributed by atoms with Crippen LogP contribution in [0.3, 0.4) is 0 Å². The van der Waals surface area contributed by atoms with Crippen LogP contribution in [0.5, 0.6) is 11.5 Å². The summed E-state index contributed by atoms with van der Waals surface area (Å²) in [5.74, 6) is 1.77. The SMILES string of the molecule is CCCN1CCC(NC(=NCc2cc(OC)ccc2O)NCC)CC1. The second-order valence-electron chi connectivity index (χ2n) is 6.45. The van der Waals surface area contributed by atoms with E-state index in [1.165, 1.54) is 13.0 Å². The van der Waals surface area contributed by atoms with Crippen molar-refractivity contribution in [1.29, 1.82) is 0 Å². The first kappa shape index (κ1) is 19.4. The third-order valence-corrected chi connectivity index (χ3v) is 4.51. The number of aliphatic imine (C=N–C) groups is 1. The Labute approximate surface area is 151 Å². The molecule has 0 aliphatic carbocycles. The molecule has 2 rings (SSSR count). The molecule has 0 spiro atoms. The number of piperidine rings is 1. The number of nitrogens with one attached hydrogen (secondary N) is 2. The van der Waals surface area contributed by atoms with Gasteiger partial charge < -0.3 is 25.4 Å². The van der Waals surface area contributed by atoms with Gasteiger partial charge in [-0.3, -0.25) is 0 Å². The van der Waals surface area contributed by atoms with Gasteiger partial charge in [0.05, 0.1) is 13.7 Å². The predicted octanol–water partition coefficient (Wildman–Crippen LogP) is 2.33. The van der Waals surface area contributed by atoms with Crippen molar-refractivity contribution in [2.75, 3.05) is 33.3 Å². The van der Waals surface area contributed by atoms with E-state index in [0.29, 0.717) is 12.6 Å². The lowest BCUT2D eigenvalue weighted by Crippen LogP contribution is -2.48. The highest BCUT2D eigenvalue weighted by Gasteiger charge is 2.19. The molecule has 1 fully saturated rings. The van der Waals surface area contributed by atoms with Crippen molar-refractivity contribution in [3.05, 3.63) is 23.8 Å². The van der Waals surface area contributed by atoms with Gasteiger partial charge in [0.1, 0.15) is 11.5 Å². The number of rotatable bonds is 7. The van der Waals surface area contributed by atoms with Crippen LogP contribution in [0.15, 0.2) is 23.2 Å².